The molecule has 4 aromatic rings. The molecule has 3 aromatic carbocycles. The number of nitrogens with one attached hydrogen (secondary N) is 1. The molecule has 1 aliphatic heterocycles. The van der Waals surface area contributed by atoms with Gasteiger partial charge in [-0.2, -0.15) is 0 Å². The summed E-state index contributed by atoms with van der Waals surface area (Å²) in [4.78, 5) is 4.61. The van der Waals surface area contributed by atoms with E-state index in [4.69, 9.17) is 9.15 Å². The maximum absolute atomic E-state index is 12.7. The van der Waals surface area contributed by atoms with Gasteiger partial charge >= 0.3 is 0 Å². The van der Waals surface area contributed by atoms with Crippen LogP contribution in [0.5, 0.6) is 5.75 Å². The summed E-state index contributed by atoms with van der Waals surface area (Å²) < 4.78 is 38.4. The first-order valence-electron chi connectivity index (χ1n) is 11.0. The third kappa shape index (κ3) is 4.24. The average molecular weight is 476 g/mol. The Labute approximate surface area is 198 Å². The number of hydrogen-bond donors (Lipinski definition) is 1. The van der Waals surface area contributed by atoms with Gasteiger partial charge in [0.25, 0.3) is 0 Å². The summed E-state index contributed by atoms with van der Waals surface area (Å²) in [5.74, 6) is 2.22. The first-order valence-corrected chi connectivity index (χ1v) is 12.8. The number of furan rings is 1. The van der Waals surface area contributed by atoms with Gasteiger partial charge in [-0.1, -0.05) is 42.5 Å². The fourth-order valence-corrected chi connectivity index (χ4v) is 5.01. The molecule has 0 saturated heterocycles. The second-order valence-corrected chi connectivity index (χ2v) is 10.0. The number of sulfonamides is 1. The van der Waals surface area contributed by atoms with Crippen molar-refractivity contribution in [1.82, 2.24) is 5.32 Å². The highest BCUT2D eigenvalue weighted by atomic mass is 32.2. The van der Waals surface area contributed by atoms with Crippen LogP contribution in [0.1, 0.15) is 11.1 Å². The molecular formula is C26H25N3O4S. The Morgan fingerprint density at radius 2 is 1.82 bits per heavy atom. The van der Waals surface area contributed by atoms with E-state index in [0.717, 1.165) is 40.2 Å². The first kappa shape index (κ1) is 22.0. The van der Waals surface area contributed by atoms with Crippen LogP contribution in [-0.2, 0) is 16.6 Å². The number of rotatable bonds is 7. The molecule has 7 nitrogen and oxygen atoms in total. The lowest BCUT2D eigenvalue weighted by atomic mass is 10.0. The molecule has 1 aromatic heterocycles. The van der Waals surface area contributed by atoms with Crippen LogP contribution in [0.25, 0.3) is 22.3 Å². The summed E-state index contributed by atoms with van der Waals surface area (Å²) in [5, 5.41) is 4.22. The van der Waals surface area contributed by atoms with Gasteiger partial charge in [0.2, 0.25) is 10.0 Å². The van der Waals surface area contributed by atoms with E-state index in [-0.39, 0.29) is 6.54 Å². The minimum absolute atomic E-state index is 0.196. The van der Waals surface area contributed by atoms with Gasteiger partial charge in [-0.25, -0.2) is 8.42 Å². The van der Waals surface area contributed by atoms with Crippen molar-refractivity contribution >= 4 is 32.5 Å². The zero-order valence-electron chi connectivity index (χ0n) is 19.0. The second kappa shape index (κ2) is 8.87. The van der Waals surface area contributed by atoms with E-state index < -0.39 is 10.0 Å². The highest BCUT2D eigenvalue weighted by Gasteiger charge is 2.24. The van der Waals surface area contributed by atoms with Crippen LogP contribution in [-0.4, -0.2) is 40.7 Å². The molecule has 1 N–H and O–H groups in total. The summed E-state index contributed by atoms with van der Waals surface area (Å²) in [6.07, 6.45) is 1.21. The van der Waals surface area contributed by atoms with Crippen molar-refractivity contribution < 1.29 is 17.6 Å². The van der Waals surface area contributed by atoms with Gasteiger partial charge in [0.15, 0.2) is 0 Å². The van der Waals surface area contributed by atoms with Gasteiger partial charge in [-0.3, -0.25) is 9.30 Å². The number of hydrogen-bond acceptors (Lipinski definition) is 6. The van der Waals surface area contributed by atoms with E-state index in [1.807, 2.05) is 66.7 Å². The van der Waals surface area contributed by atoms with Crippen molar-refractivity contribution in [1.29, 1.82) is 0 Å². The zero-order valence-corrected chi connectivity index (χ0v) is 19.8. The van der Waals surface area contributed by atoms with Gasteiger partial charge in [-0.15, -0.1) is 0 Å². The van der Waals surface area contributed by atoms with E-state index in [0.29, 0.717) is 23.6 Å². The number of anilines is 1. The van der Waals surface area contributed by atoms with Crippen molar-refractivity contribution in [2.75, 3.05) is 30.8 Å². The smallest absolute Gasteiger partial charge is 0.232 e. The Morgan fingerprint density at radius 3 is 2.47 bits per heavy atom. The maximum atomic E-state index is 12.7. The number of fused-ring (bicyclic) bond motifs is 1. The fraction of sp³-hybridized carbons (Fsp3) is 0.192. The van der Waals surface area contributed by atoms with Gasteiger partial charge in [0, 0.05) is 23.6 Å². The molecule has 5 rings (SSSR count). The Kier molecular flexibility index (Phi) is 5.75. The van der Waals surface area contributed by atoms with Crippen LogP contribution in [0.2, 0.25) is 0 Å². The lowest BCUT2D eigenvalue weighted by Crippen LogP contribution is -2.29. The zero-order chi connectivity index (χ0) is 23.7. The molecule has 0 bridgehead atoms. The predicted octanol–water partition coefficient (Wildman–Crippen LogP) is 4.42. The van der Waals surface area contributed by atoms with Crippen LogP contribution >= 0.6 is 0 Å². The number of methoxy groups -OCH3 is 1. The molecule has 0 fully saturated rings. The molecule has 1 aliphatic rings. The summed E-state index contributed by atoms with van der Waals surface area (Å²) in [6.45, 7) is 1.68. The second-order valence-electron chi connectivity index (χ2n) is 8.13. The van der Waals surface area contributed by atoms with Crippen LogP contribution in [0.4, 0.5) is 5.69 Å². The average Bonchev–Trinajstić information content (AvgIpc) is 3.50. The molecule has 8 heteroatoms. The SMILES string of the molecule is COc1ccc(CN(c2ccc3c(C4=NCCN4)c(-c4ccccc4)oc3c2)S(C)(=O)=O)cc1. The summed E-state index contributed by atoms with van der Waals surface area (Å²) in [5.41, 5.74) is 3.82. The summed E-state index contributed by atoms with van der Waals surface area (Å²) >= 11 is 0. The van der Waals surface area contributed by atoms with Crippen LogP contribution < -0.4 is 14.4 Å². The number of benzene rings is 3. The number of ether oxygens (including phenoxy) is 1. The molecular weight excluding hydrogens is 450 g/mol. The van der Waals surface area contributed by atoms with E-state index in [1.165, 1.54) is 10.6 Å². The van der Waals surface area contributed by atoms with Crippen LogP contribution in [0, 0.1) is 0 Å². The van der Waals surface area contributed by atoms with Gasteiger partial charge in [0.1, 0.15) is 22.9 Å². The maximum Gasteiger partial charge on any atom is 0.232 e. The normalized spacial score (nSPS) is 13.5. The summed E-state index contributed by atoms with van der Waals surface area (Å²) in [7, 11) is -1.95. The van der Waals surface area contributed by atoms with Crippen LogP contribution in [0.15, 0.2) is 82.2 Å². The van der Waals surface area contributed by atoms with Crippen molar-refractivity contribution in [2.24, 2.45) is 4.99 Å². The van der Waals surface area contributed by atoms with Crippen molar-refractivity contribution in [3.8, 4) is 17.1 Å². The monoisotopic (exact) mass is 475 g/mol. The van der Waals surface area contributed by atoms with Gasteiger partial charge in [-0.05, 0) is 29.8 Å². The molecule has 0 amide bonds. The molecule has 174 valence electrons. The van der Waals surface area contributed by atoms with Gasteiger partial charge < -0.3 is 14.5 Å². The number of amidine groups is 1. The quantitative estimate of drug-likeness (QED) is 0.428. The molecule has 0 radical (unpaired) electrons. The van der Waals surface area contributed by atoms with E-state index in [2.05, 4.69) is 10.3 Å². The number of aliphatic imine (C=N–C) groups is 1. The highest BCUT2D eigenvalue weighted by Crippen LogP contribution is 2.36. The van der Waals surface area contributed by atoms with E-state index >= 15 is 0 Å². The number of nitrogens with zero attached hydrogens (tertiary/aromatic N) is 2. The van der Waals surface area contributed by atoms with Crippen molar-refractivity contribution in [3.63, 3.8) is 0 Å². The Balaban J connectivity index is 1.60. The van der Waals surface area contributed by atoms with E-state index in [1.54, 1.807) is 13.2 Å². The molecule has 2 heterocycles. The molecule has 0 atom stereocenters. The molecule has 0 aliphatic carbocycles. The lowest BCUT2D eigenvalue weighted by molar-refractivity contribution is 0.414. The third-order valence-corrected chi connectivity index (χ3v) is 6.93. The molecule has 0 saturated carbocycles. The van der Waals surface area contributed by atoms with Gasteiger partial charge in [0.05, 0.1) is 37.7 Å². The highest BCUT2D eigenvalue weighted by molar-refractivity contribution is 7.92. The molecule has 0 unspecified atom stereocenters. The fourth-order valence-electron chi connectivity index (χ4n) is 4.13. The lowest BCUT2D eigenvalue weighted by Gasteiger charge is -2.22. The van der Waals surface area contributed by atoms with Crippen molar-refractivity contribution in [3.05, 3.63) is 83.9 Å². The minimum Gasteiger partial charge on any atom is -0.497 e. The minimum atomic E-state index is -3.55. The predicted molar refractivity (Wildman–Crippen MR) is 135 cm³/mol. The first-order chi connectivity index (χ1) is 16.4. The Bertz CT molecular complexity index is 1460. The standard InChI is InChI=1S/C26H25N3O4S/c1-32-21-11-8-18(9-12-21)17-29(34(2,30)31)20-10-13-22-23(16-20)33-25(19-6-4-3-5-7-19)24(22)26-27-14-15-28-26/h3-13,16H,14-15,17H2,1-2H3,(H,27,28). The third-order valence-electron chi connectivity index (χ3n) is 5.79. The molecule has 34 heavy (non-hydrogen) atoms. The topological polar surface area (TPSA) is 84.1 Å². The van der Waals surface area contributed by atoms with Crippen LogP contribution in [0.3, 0.4) is 0 Å². The largest absolute Gasteiger partial charge is 0.497 e. The molecule has 0 spiro atoms. The summed E-state index contributed by atoms with van der Waals surface area (Å²) in [6, 6.07) is 22.7. The van der Waals surface area contributed by atoms with E-state index in [9.17, 15) is 8.42 Å². The van der Waals surface area contributed by atoms with Crippen molar-refractivity contribution in [2.45, 2.75) is 6.54 Å². The Morgan fingerprint density at radius 1 is 1.06 bits per heavy atom. The Hall–Kier alpha value is -3.78.